The molecule has 0 amide bonds. The number of hydrogen-bond acceptors (Lipinski definition) is 3. The Morgan fingerprint density at radius 3 is 2.93 bits per heavy atom. The predicted molar refractivity (Wildman–Crippen MR) is 56.9 cm³/mol. The summed E-state index contributed by atoms with van der Waals surface area (Å²) in [5, 5.41) is 3.58. The van der Waals surface area contributed by atoms with Gasteiger partial charge in [0.15, 0.2) is 5.82 Å². The Kier molecular flexibility index (Phi) is 3.02. The third kappa shape index (κ3) is 2.03. The highest BCUT2D eigenvalue weighted by Crippen LogP contribution is 2.26. The lowest BCUT2D eigenvalue weighted by Gasteiger charge is -1.98. The number of benzene rings is 1. The highest BCUT2D eigenvalue weighted by molar-refractivity contribution is 9.10. The molecular formula is C9H5BrClFN2O. The first kappa shape index (κ1) is 10.6. The fraction of sp³-hybridized carbons (Fsp3) is 0.111. The van der Waals surface area contributed by atoms with Crippen molar-refractivity contribution >= 4 is 27.5 Å². The van der Waals surface area contributed by atoms with Crippen LogP contribution in [0.2, 0.25) is 0 Å². The van der Waals surface area contributed by atoms with Gasteiger partial charge in [-0.2, -0.15) is 4.98 Å². The number of rotatable bonds is 2. The van der Waals surface area contributed by atoms with Crippen LogP contribution in [0.25, 0.3) is 11.5 Å². The topological polar surface area (TPSA) is 38.9 Å². The minimum absolute atomic E-state index is 0.129. The van der Waals surface area contributed by atoms with E-state index in [2.05, 4.69) is 26.1 Å². The van der Waals surface area contributed by atoms with E-state index in [1.54, 1.807) is 18.2 Å². The van der Waals surface area contributed by atoms with Crippen molar-refractivity contribution in [2.24, 2.45) is 0 Å². The molecule has 78 valence electrons. The van der Waals surface area contributed by atoms with E-state index in [0.29, 0.717) is 10.3 Å². The van der Waals surface area contributed by atoms with Crippen LogP contribution in [0.15, 0.2) is 27.2 Å². The Morgan fingerprint density at radius 1 is 1.47 bits per heavy atom. The van der Waals surface area contributed by atoms with Crippen molar-refractivity contribution in [3.63, 3.8) is 0 Å². The van der Waals surface area contributed by atoms with Gasteiger partial charge in [0.2, 0.25) is 0 Å². The molecule has 0 saturated carbocycles. The van der Waals surface area contributed by atoms with Crippen molar-refractivity contribution in [1.29, 1.82) is 0 Å². The molecule has 1 aromatic heterocycles. The maximum Gasteiger partial charge on any atom is 0.260 e. The van der Waals surface area contributed by atoms with Gasteiger partial charge in [0.1, 0.15) is 5.82 Å². The zero-order valence-electron chi connectivity index (χ0n) is 7.38. The summed E-state index contributed by atoms with van der Waals surface area (Å²) < 4.78 is 18.8. The van der Waals surface area contributed by atoms with Gasteiger partial charge in [-0.05, 0) is 28.1 Å². The van der Waals surface area contributed by atoms with Gasteiger partial charge in [-0.1, -0.05) is 11.2 Å². The van der Waals surface area contributed by atoms with Crippen molar-refractivity contribution in [2.75, 3.05) is 0 Å². The second kappa shape index (κ2) is 4.28. The molecule has 0 atom stereocenters. The summed E-state index contributed by atoms with van der Waals surface area (Å²) in [6, 6.07) is 4.84. The average molecular weight is 292 g/mol. The van der Waals surface area contributed by atoms with E-state index in [4.69, 9.17) is 16.1 Å². The monoisotopic (exact) mass is 290 g/mol. The summed E-state index contributed by atoms with van der Waals surface area (Å²) in [5.41, 5.74) is 0.258. The third-order valence-electron chi connectivity index (χ3n) is 1.77. The van der Waals surface area contributed by atoms with Crippen LogP contribution in [0.4, 0.5) is 4.39 Å². The lowest BCUT2D eigenvalue weighted by atomic mass is 10.2. The lowest BCUT2D eigenvalue weighted by molar-refractivity contribution is 0.422. The summed E-state index contributed by atoms with van der Waals surface area (Å²) in [6.07, 6.45) is 0. The predicted octanol–water partition coefficient (Wildman–Crippen LogP) is 3.38. The Balaban J connectivity index is 2.49. The molecule has 0 N–H and O–H groups in total. The van der Waals surface area contributed by atoms with Crippen LogP contribution in [0, 0.1) is 5.82 Å². The molecule has 0 radical (unpaired) electrons. The fourth-order valence-corrected chi connectivity index (χ4v) is 1.56. The van der Waals surface area contributed by atoms with Gasteiger partial charge >= 0.3 is 0 Å². The zero-order valence-corrected chi connectivity index (χ0v) is 9.72. The van der Waals surface area contributed by atoms with Crippen LogP contribution in [-0.4, -0.2) is 10.1 Å². The molecule has 3 nitrogen and oxygen atoms in total. The van der Waals surface area contributed by atoms with Crippen LogP contribution in [0.5, 0.6) is 0 Å². The SMILES string of the molecule is Fc1c(Br)cccc1-c1nc(CCl)no1. The Hall–Kier alpha value is -0.940. The fourth-order valence-electron chi connectivity index (χ4n) is 1.09. The first-order chi connectivity index (χ1) is 7.22. The van der Waals surface area contributed by atoms with Crippen molar-refractivity contribution in [1.82, 2.24) is 10.1 Å². The van der Waals surface area contributed by atoms with Gasteiger partial charge < -0.3 is 4.52 Å². The Morgan fingerprint density at radius 2 is 2.27 bits per heavy atom. The van der Waals surface area contributed by atoms with Crippen LogP contribution >= 0.6 is 27.5 Å². The smallest absolute Gasteiger partial charge is 0.260 e. The van der Waals surface area contributed by atoms with Gasteiger partial charge in [-0.25, -0.2) is 4.39 Å². The van der Waals surface area contributed by atoms with Gasteiger partial charge in [0.25, 0.3) is 5.89 Å². The van der Waals surface area contributed by atoms with E-state index in [-0.39, 0.29) is 17.3 Å². The molecule has 6 heteroatoms. The Labute approximate surface area is 98.4 Å². The molecule has 15 heavy (non-hydrogen) atoms. The maximum absolute atomic E-state index is 13.6. The summed E-state index contributed by atoms with van der Waals surface area (Å²) in [6.45, 7) is 0. The van der Waals surface area contributed by atoms with E-state index in [0.717, 1.165) is 0 Å². The van der Waals surface area contributed by atoms with Crippen molar-refractivity contribution in [3.05, 3.63) is 34.3 Å². The van der Waals surface area contributed by atoms with Crippen LogP contribution in [0.3, 0.4) is 0 Å². The van der Waals surface area contributed by atoms with Gasteiger partial charge in [0, 0.05) is 0 Å². The molecule has 0 aliphatic rings. The molecule has 0 spiro atoms. The molecule has 0 aliphatic carbocycles. The lowest BCUT2D eigenvalue weighted by Crippen LogP contribution is -1.86. The molecule has 0 bridgehead atoms. The highest BCUT2D eigenvalue weighted by Gasteiger charge is 2.14. The van der Waals surface area contributed by atoms with Crippen LogP contribution in [-0.2, 0) is 5.88 Å². The van der Waals surface area contributed by atoms with Crippen LogP contribution < -0.4 is 0 Å². The Bertz CT molecular complexity index is 489. The summed E-state index contributed by atoms with van der Waals surface area (Å²) >= 11 is 8.59. The van der Waals surface area contributed by atoms with Crippen molar-refractivity contribution < 1.29 is 8.91 Å². The van der Waals surface area contributed by atoms with Crippen molar-refractivity contribution in [3.8, 4) is 11.5 Å². The summed E-state index contributed by atoms with van der Waals surface area (Å²) in [4.78, 5) is 3.93. The molecule has 2 aromatic rings. The van der Waals surface area contributed by atoms with E-state index in [9.17, 15) is 4.39 Å². The quantitative estimate of drug-likeness (QED) is 0.796. The highest BCUT2D eigenvalue weighted by atomic mass is 79.9. The minimum Gasteiger partial charge on any atom is -0.334 e. The average Bonchev–Trinajstić information content (AvgIpc) is 2.70. The van der Waals surface area contributed by atoms with E-state index in [1.165, 1.54) is 0 Å². The normalized spacial score (nSPS) is 10.6. The maximum atomic E-state index is 13.6. The first-order valence-electron chi connectivity index (χ1n) is 4.05. The van der Waals surface area contributed by atoms with Crippen molar-refractivity contribution in [2.45, 2.75) is 5.88 Å². The van der Waals surface area contributed by atoms with Gasteiger partial charge in [-0.3, -0.25) is 0 Å². The number of alkyl halides is 1. The molecule has 2 rings (SSSR count). The number of halogens is 3. The van der Waals surface area contributed by atoms with Gasteiger partial charge in [0.05, 0.1) is 15.9 Å². The van der Waals surface area contributed by atoms with E-state index < -0.39 is 5.82 Å². The molecule has 0 aliphatic heterocycles. The number of nitrogens with zero attached hydrogens (tertiary/aromatic N) is 2. The third-order valence-corrected chi connectivity index (χ3v) is 2.62. The minimum atomic E-state index is -0.428. The standard InChI is InChI=1S/C9H5BrClFN2O/c10-6-3-1-2-5(8(6)12)9-13-7(4-11)14-15-9/h1-3H,4H2. The summed E-state index contributed by atoms with van der Waals surface area (Å²) in [5.74, 6) is 0.178. The molecular weight excluding hydrogens is 286 g/mol. The largest absolute Gasteiger partial charge is 0.334 e. The number of hydrogen-bond donors (Lipinski definition) is 0. The molecule has 0 fully saturated rings. The number of aromatic nitrogens is 2. The first-order valence-corrected chi connectivity index (χ1v) is 5.38. The summed E-state index contributed by atoms with van der Waals surface area (Å²) in [7, 11) is 0. The second-order valence-electron chi connectivity index (χ2n) is 2.75. The zero-order chi connectivity index (χ0) is 10.8. The molecule has 1 heterocycles. The van der Waals surface area contributed by atoms with Crippen LogP contribution in [0.1, 0.15) is 5.82 Å². The second-order valence-corrected chi connectivity index (χ2v) is 3.87. The molecule has 0 unspecified atom stereocenters. The van der Waals surface area contributed by atoms with E-state index >= 15 is 0 Å². The molecule has 0 saturated heterocycles. The van der Waals surface area contributed by atoms with Gasteiger partial charge in [-0.15, -0.1) is 11.6 Å². The molecule has 1 aromatic carbocycles. The van der Waals surface area contributed by atoms with E-state index in [1.807, 2.05) is 0 Å².